The molecule has 1 aliphatic rings. The van der Waals surface area contributed by atoms with E-state index in [-0.39, 0.29) is 0 Å². The number of nitriles is 1. The summed E-state index contributed by atoms with van der Waals surface area (Å²) in [5.41, 5.74) is 1.66. The van der Waals surface area contributed by atoms with Crippen LogP contribution >= 0.6 is 15.9 Å². The molecule has 0 unspecified atom stereocenters. The number of anilines is 1. The molecule has 1 saturated carbocycles. The molecule has 1 N–H and O–H groups in total. The van der Waals surface area contributed by atoms with Gasteiger partial charge in [-0.3, -0.25) is 0 Å². The zero-order chi connectivity index (χ0) is 10.7. The number of hydrogen-bond donors (Lipinski definition) is 1. The zero-order valence-corrected chi connectivity index (χ0v) is 10.0. The van der Waals surface area contributed by atoms with Gasteiger partial charge in [0.05, 0.1) is 11.3 Å². The van der Waals surface area contributed by atoms with Gasteiger partial charge in [-0.05, 0) is 37.0 Å². The maximum absolute atomic E-state index is 8.94. The average Bonchev–Trinajstić information content (AvgIpc) is 2.16. The van der Waals surface area contributed by atoms with Gasteiger partial charge in [-0.2, -0.15) is 5.26 Å². The first-order valence-electron chi connectivity index (χ1n) is 5.23. The van der Waals surface area contributed by atoms with Crippen LogP contribution in [0, 0.1) is 17.2 Å². The number of nitrogens with one attached hydrogen (secondary N) is 1. The number of halogens is 1. The highest BCUT2D eigenvalue weighted by atomic mass is 79.9. The number of nitrogens with zero attached hydrogens (tertiary/aromatic N) is 1. The Balaban J connectivity index is 2.05. The smallest absolute Gasteiger partial charge is 0.101 e. The highest BCUT2D eigenvalue weighted by Gasteiger charge is 2.17. The molecule has 0 bridgehead atoms. The van der Waals surface area contributed by atoms with Crippen molar-refractivity contribution in [3.8, 4) is 6.07 Å². The molecular formula is C12H13BrN2. The Morgan fingerprint density at radius 1 is 1.47 bits per heavy atom. The molecule has 0 spiro atoms. The monoisotopic (exact) mass is 264 g/mol. The van der Waals surface area contributed by atoms with E-state index in [4.69, 9.17) is 5.26 Å². The van der Waals surface area contributed by atoms with E-state index in [0.717, 1.165) is 28.2 Å². The van der Waals surface area contributed by atoms with Crippen molar-refractivity contribution in [1.29, 1.82) is 5.26 Å². The Morgan fingerprint density at radius 2 is 2.27 bits per heavy atom. The molecule has 15 heavy (non-hydrogen) atoms. The van der Waals surface area contributed by atoms with E-state index in [0.29, 0.717) is 0 Å². The molecule has 0 saturated heterocycles. The minimum Gasteiger partial charge on any atom is -0.384 e. The lowest BCUT2D eigenvalue weighted by atomic mass is 9.85. The van der Waals surface area contributed by atoms with Crippen LogP contribution in [0.4, 0.5) is 5.69 Å². The second-order valence-electron chi connectivity index (χ2n) is 3.98. The van der Waals surface area contributed by atoms with E-state index < -0.39 is 0 Å². The lowest BCUT2D eigenvalue weighted by Crippen LogP contribution is -2.21. The van der Waals surface area contributed by atoms with Crippen LogP contribution in [0.2, 0.25) is 0 Å². The van der Waals surface area contributed by atoms with Crippen molar-refractivity contribution >= 4 is 21.6 Å². The van der Waals surface area contributed by atoms with Crippen molar-refractivity contribution < 1.29 is 0 Å². The van der Waals surface area contributed by atoms with E-state index in [1.807, 2.05) is 18.2 Å². The molecule has 0 atom stereocenters. The molecule has 2 rings (SSSR count). The SMILES string of the molecule is N#Cc1ccc(Br)cc1NCC1CCC1. The van der Waals surface area contributed by atoms with Crippen LogP contribution in [-0.2, 0) is 0 Å². The fourth-order valence-electron chi connectivity index (χ4n) is 1.71. The maximum atomic E-state index is 8.94. The third-order valence-electron chi connectivity index (χ3n) is 2.91. The minimum atomic E-state index is 0.720. The van der Waals surface area contributed by atoms with Gasteiger partial charge < -0.3 is 5.32 Å². The molecule has 78 valence electrons. The maximum Gasteiger partial charge on any atom is 0.101 e. The molecule has 2 nitrogen and oxygen atoms in total. The molecule has 0 heterocycles. The largest absolute Gasteiger partial charge is 0.384 e. The predicted molar refractivity (Wildman–Crippen MR) is 64.7 cm³/mol. The third kappa shape index (κ3) is 2.51. The summed E-state index contributed by atoms with van der Waals surface area (Å²) >= 11 is 3.41. The van der Waals surface area contributed by atoms with Crippen LogP contribution in [0.5, 0.6) is 0 Å². The summed E-state index contributed by atoms with van der Waals surface area (Å²) in [6.07, 6.45) is 4.00. The van der Waals surface area contributed by atoms with Crippen LogP contribution in [0.15, 0.2) is 22.7 Å². The highest BCUT2D eigenvalue weighted by molar-refractivity contribution is 9.10. The molecular weight excluding hydrogens is 252 g/mol. The first-order chi connectivity index (χ1) is 7.29. The second kappa shape index (κ2) is 4.67. The van der Waals surface area contributed by atoms with Gasteiger partial charge in [0.2, 0.25) is 0 Å². The van der Waals surface area contributed by atoms with Crippen LogP contribution in [-0.4, -0.2) is 6.54 Å². The topological polar surface area (TPSA) is 35.8 Å². The molecule has 3 heteroatoms. The van der Waals surface area contributed by atoms with E-state index >= 15 is 0 Å². The van der Waals surface area contributed by atoms with Crippen LogP contribution < -0.4 is 5.32 Å². The number of benzene rings is 1. The summed E-state index contributed by atoms with van der Waals surface area (Å²) in [6, 6.07) is 7.91. The van der Waals surface area contributed by atoms with Gasteiger partial charge >= 0.3 is 0 Å². The lowest BCUT2D eigenvalue weighted by molar-refractivity contribution is 0.333. The number of hydrogen-bond acceptors (Lipinski definition) is 2. The lowest BCUT2D eigenvalue weighted by Gasteiger charge is -2.26. The summed E-state index contributed by atoms with van der Waals surface area (Å²) < 4.78 is 1.01. The first-order valence-corrected chi connectivity index (χ1v) is 6.02. The zero-order valence-electron chi connectivity index (χ0n) is 8.46. The molecule has 0 amide bonds. The van der Waals surface area contributed by atoms with Gasteiger partial charge in [0.25, 0.3) is 0 Å². The van der Waals surface area contributed by atoms with Gasteiger partial charge in [-0.15, -0.1) is 0 Å². The van der Waals surface area contributed by atoms with Gasteiger partial charge in [0.1, 0.15) is 6.07 Å². The summed E-state index contributed by atoms with van der Waals surface area (Å²) in [4.78, 5) is 0. The average molecular weight is 265 g/mol. The van der Waals surface area contributed by atoms with Gasteiger partial charge in [-0.1, -0.05) is 22.4 Å². The fourth-order valence-corrected chi connectivity index (χ4v) is 2.07. The van der Waals surface area contributed by atoms with Crippen molar-refractivity contribution in [2.45, 2.75) is 19.3 Å². The molecule has 1 fully saturated rings. The van der Waals surface area contributed by atoms with Crippen molar-refractivity contribution in [2.75, 3.05) is 11.9 Å². The molecule has 0 aliphatic heterocycles. The normalized spacial score (nSPS) is 15.5. The summed E-state index contributed by atoms with van der Waals surface area (Å²) in [6.45, 7) is 0.991. The van der Waals surface area contributed by atoms with E-state index in [9.17, 15) is 0 Å². The van der Waals surface area contributed by atoms with Crippen LogP contribution in [0.25, 0.3) is 0 Å². The Bertz CT molecular complexity index is 391. The Labute approximate surface area is 98.4 Å². The minimum absolute atomic E-state index is 0.720. The predicted octanol–water partition coefficient (Wildman–Crippen LogP) is 3.53. The van der Waals surface area contributed by atoms with E-state index in [1.165, 1.54) is 19.3 Å². The van der Waals surface area contributed by atoms with Gasteiger partial charge in [0, 0.05) is 11.0 Å². The quantitative estimate of drug-likeness (QED) is 0.907. The Morgan fingerprint density at radius 3 is 2.87 bits per heavy atom. The van der Waals surface area contributed by atoms with Crippen LogP contribution in [0.3, 0.4) is 0 Å². The standard InChI is InChI=1S/C12H13BrN2/c13-11-5-4-10(7-14)12(6-11)15-8-9-2-1-3-9/h4-6,9,15H,1-3,8H2. The third-order valence-corrected chi connectivity index (χ3v) is 3.40. The van der Waals surface area contributed by atoms with Crippen molar-refractivity contribution in [1.82, 2.24) is 0 Å². The van der Waals surface area contributed by atoms with Gasteiger partial charge in [0.15, 0.2) is 0 Å². The Kier molecular flexibility index (Phi) is 3.27. The summed E-state index contributed by atoms with van der Waals surface area (Å²) in [5, 5.41) is 12.3. The first kappa shape index (κ1) is 10.5. The van der Waals surface area contributed by atoms with Crippen molar-refractivity contribution in [3.63, 3.8) is 0 Å². The van der Waals surface area contributed by atoms with Crippen molar-refractivity contribution in [3.05, 3.63) is 28.2 Å². The molecule has 1 aromatic rings. The summed E-state index contributed by atoms with van der Waals surface area (Å²) in [7, 11) is 0. The van der Waals surface area contributed by atoms with Crippen LogP contribution in [0.1, 0.15) is 24.8 Å². The summed E-state index contributed by atoms with van der Waals surface area (Å²) in [5.74, 6) is 0.801. The molecule has 0 radical (unpaired) electrons. The fraction of sp³-hybridized carbons (Fsp3) is 0.417. The van der Waals surface area contributed by atoms with E-state index in [2.05, 4.69) is 27.3 Å². The molecule has 1 aliphatic carbocycles. The molecule has 1 aromatic carbocycles. The highest BCUT2D eigenvalue weighted by Crippen LogP contribution is 2.27. The Hall–Kier alpha value is -1.01. The number of rotatable bonds is 3. The van der Waals surface area contributed by atoms with Crippen molar-refractivity contribution in [2.24, 2.45) is 5.92 Å². The van der Waals surface area contributed by atoms with Gasteiger partial charge in [-0.25, -0.2) is 0 Å². The van der Waals surface area contributed by atoms with E-state index in [1.54, 1.807) is 0 Å². The second-order valence-corrected chi connectivity index (χ2v) is 4.90. The molecule has 0 aromatic heterocycles.